The minimum Gasteiger partial charge on any atom is -0.306 e. The van der Waals surface area contributed by atoms with E-state index >= 15 is 0 Å². The Labute approximate surface area is 129 Å². The minimum absolute atomic E-state index is 0.00891. The van der Waals surface area contributed by atoms with Gasteiger partial charge in [-0.15, -0.1) is 0 Å². The maximum Gasteiger partial charge on any atom is 0.265 e. The largest absolute Gasteiger partial charge is 0.306 e. The summed E-state index contributed by atoms with van der Waals surface area (Å²) in [4.78, 5) is 19.1. The van der Waals surface area contributed by atoms with Crippen LogP contribution in [0.5, 0.6) is 0 Å². The smallest absolute Gasteiger partial charge is 0.265 e. The number of aromatic amines is 1. The van der Waals surface area contributed by atoms with E-state index in [1.807, 2.05) is 20.8 Å². The number of benzene rings is 1. The number of hydrogen-bond acceptors (Lipinski definition) is 2. The summed E-state index contributed by atoms with van der Waals surface area (Å²) >= 11 is 9.02. The average molecular weight is 360 g/mol. The van der Waals surface area contributed by atoms with Gasteiger partial charge in [-0.25, -0.2) is 9.37 Å². The number of halogens is 3. The number of rotatable bonds is 1. The molecule has 0 aliphatic heterocycles. The van der Waals surface area contributed by atoms with Crippen LogP contribution in [0.4, 0.5) is 4.39 Å². The van der Waals surface area contributed by atoms with E-state index in [2.05, 4.69) is 25.9 Å². The quantitative estimate of drug-likeness (QED) is 0.825. The van der Waals surface area contributed by atoms with Gasteiger partial charge >= 0.3 is 0 Å². The van der Waals surface area contributed by atoms with Crippen molar-refractivity contribution in [2.75, 3.05) is 0 Å². The summed E-state index contributed by atoms with van der Waals surface area (Å²) < 4.78 is 13.6. The lowest BCUT2D eigenvalue weighted by molar-refractivity contribution is 0.562. The molecule has 1 aromatic carbocycles. The Morgan fingerprint density at radius 1 is 1.35 bits per heavy atom. The van der Waals surface area contributed by atoms with Gasteiger partial charge in [-0.1, -0.05) is 32.4 Å². The fourth-order valence-electron chi connectivity index (χ4n) is 1.74. The first-order valence-electron chi connectivity index (χ1n) is 5.96. The fraction of sp³-hybridized carbons (Fsp3) is 0.286. The van der Waals surface area contributed by atoms with Crippen LogP contribution < -0.4 is 5.56 Å². The molecule has 0 aliphatic rings. The molecule has 0 fully saturated rings. The maximum atomic E-state index is 13.2. The lowest BCUT2D eigenvalue weighted by Crippen LogP contribution is -2.22. The van der Waals surface area contributed by atoms with Crippen molar-refractivity contribution in [3.05, 3.63) is 49.6 Å². The Morgan fingerprint density at radius 3 is 2.55 bits per heavy atom. The van der Waals surface area contributed by atoms with Crippen LogP contribution >= 0.6 is 27.5 Å². The highest BCUT2D eigenvalue weighted by Crippen LogP contribution is 2.28. The summed E-state index contributed by atoms with van der Waals surface area (Å²) in [7, 11) is 0. The molecule has 0 amide bonds. The highest BCUT2D eigenvalue weighted by atomic mass is 79.9. The normalized spacial score (nSPS) is 11.7. The predicted octanol–water partition coefficient (Wildman–Crippen LogP) is 4.29. The van der Waals surface area contributed by atoms with Crippen LogP contribution in [-0.2, 0) is 5.41 Å². The second-order valence-corrected chi connectivity index (χ2v) is 6.66. The topological polar surface area (TPSA) is 45.8 Å². The molecule has 3 nitrogen and oxygen atoms in total. The predicted molar refractivity (Wildman–Crippen MR) is 81.7 cm³/mol. The van der Waals surface area contributed by atoms with Crippen LogP contribution in [0.1, 0.15) is 26.5 Å². The Kier molecular flexibility index (Phi) is 4.02. The lowest BCUT2D eigenvalue weighted by Gasteiger charge is -2.19. The van der Waals surface area contributed by atoms with Crippen molar-refractivity contribution >= 4 is 27.5 Å². The van der Waals surface area contributed by atoms with Crippen LogP contribution in [0.2, 0.25) is 5.02 Å². The van der Waals surface area contributed by atoms with Gasteiger partial charge in [0.2, 0.25) is 0 Å². The van der Waals surface area contributed by atoms with Crippen LogP contribution in [0.25, 0.3) is 11.4 Å². The zero-order valence-electron chi connectivity index (χ0n) is 11.2. The molecule has 0 unspecified atom stereocenters. The van der Waals surface area contributed by atoms with E-state index < -0.39 is 5.82 Å². The van der Waals surface area contributed by atoms with Gasteiger partial charge in [0.15, 0.2) is 0 Å². The van der Waals surface area contributed by atoms with Gasteiger partial charge in [0.25, 0.3) is 5.56 Å². The molecule has 0 radical (unpaired) electrons. The van der Waals surface area contributed by atoms with E-state index in [4.69, 9.17) is 11.6 Å². The molecule has 106 valence electrons. The zero-order chi connectivity index (χ0) is 15.1. The molecule has 0 saturated heterocycles. The molecule has 6 heteroatoms. The summed E-state index contributed by atoms with van der Waals surface area (Å²) in [6, 6.07) is 4.21. The highest BCUT2D eigenvalue weighted by molar-refractivity contribution is 9.10. The van der Waals surface area contributed by atoms with Gasteiger partial charge in [0, 0.05) is 11.0 Å². The van der Waals surface area contributed by atoms with E-state index in [1.165, 1.54) is 18.2 Å². The second kappa shape index (κ2) is 5.30. The Hall–Kier alpha value is -1.20. The number of nitrogens with zero attached hydrogens (tertiary/aromatic N) is 1. The summed E-state index contributed by atoms with van der Waals surface area (Å²) in [5, 5.41) is -0.00891. The number of H-pyrrole nitrogens is 1. The van der Waals surface area contributed by atoms with Crippen molar-refractivity contribution in [1.82, 2.24) is 9.97 Å². The van der Waals surface area contributed by atoms with Crippen LogP contribution in [-0.4, -0.2) is 9.97 Å². The van der Waals surface area contributed by atoms with Gasteiger partial charge in [-0.2, -0.15) is 0 Å². The van der Waals surface area contributed by atoms with Crippen molar-refractivity contribution in [2.45, 2.75) is 26.2 Å². The summed E-state index contributed by atoms with van der Waals surface area (Å²) in [5.74, 6) is -0.143. The van der Waals surface area contributed by atoms with E-state index in [-0.39, 0.29) is 16.0 Å². The third kappa shape index (κ3) is 2.94. The van der Waals surface area contributed by atoms with E-state index in [0.29, 0.717) is 21.6 Å². The molecule has 1 N–H and O–H groups in total. The number of hydrogen-bond donors (Lipinski definition) is 1. The first-order valence-corrected chi connectivity index (χ1v) is 7.13. The summed E-state index contributed by atoms with van der Waals surface area (Å²) in [5.41, 5.74) is 0.620. The molecule has 0 bridgehead atoms. The molecule has 1 heterocycles. The summed E-state index contributed by atoms with van der Waals surface area (Å²) in [6.45, 7) is 5.88. The zero-order valence-corrected chi connectivity index (χ0v) is 13.6. The molecule has 2 rings (SSSR count). The van der Waals surface area contributed by atoms with Crippen molar-refractivity contribution in [3.8, 4) is 11.4 Å². The first kappa shape index (κ1) is 15.2. The summed E-state index contributed by atoms with van der Waals surface area (Å²) in [6.07, 6.45) is 0. The molecular weight excluding hydrogens is 347 g/mol. The molecule has 1 aromatic heterocycles. The third-order valence-electron chi connectivity index (χ3n) is 2.77. The number of nitrogens with one attached hydrogen (secondary N) is 1. The van der Waals surface area contributed by atoms with E-state index in [9.17, 15) is 9.18 Å². The molecular formula is C14H13BrClFN2O. The van der Waals surface area contributed by atoms with Crippen molar-refractivity contribution < 1.29 is 4.39 Å². The van der Waals surface area contributed by atoms with Gasteiger partial charge in [0.05, 0.1) is 10.7 Å². The first-order chi connectivity index (χ1) is 9.20. The standard InChI is InChI=1S/C14H13BrClFN2O/c1-14(2,3)11-10(15)13(20)19-12(18-11)7-4-5-9(17)8(16)6-7/h4-6H,1-3H3,(H,18,19,20). The van der Waals surface area contributed by atoms with E-state index in [1.54, 1.807) is 0 Å². The monoisotopic (exact) mass is 358 g/mol. The average Bonchev–Trinajstić information content (AvgIpc) is 2.34. The molecule has 0 aliphatic carbocycles. The van der Waals surface area contributed by atoms with Crippen LogP contribution in [0.3, 0.4) is 0 Å². The van der Waals surface area contributed by atoms with Crippen molar-refractivity contribution in [3.63, 3.8) is 0 Å². The van der Waals surface area contributed by atoms with Crippen LogP contribution in [0.15, 0.2) is 27.5 Å². The molecule has 20 heavy (non-hydrogen) atoms. The highest BCUT2D eigenvalue weighted by Gasteiger charge is 2.22. The molecule has 0 atom stereocenters. The van der Waals surface area contributed by atoms with Gasteiger partial charge < -0.3 is 4.98 Å². The molecule has 0 saturated carbocycles. The molecule has 0 spiro atoms. The van der Waals surface area contributed by atoms with Crippen molar-refractivity contribution in [2.24, 2.45) is 0 Å². The lowest BCUT2D eigenvalue weighted by atomic mass is 9.92. The Balaban J connectivity index is 2.67. The van der Waals surface area contributed by atoms with Gasteiger partial charge in [-0.3, -0.25) is 4.79 Å². The van der Waals surface area contributed by atoms with Crippen LogP contribution in [0, 0.1) is 5.82 Å². The maximum absolute atomic E-state index is 13.2. The fourth-order valence-corrected chi connectivity index (χ4v) is 2.70. The minimum atomic E-state index is -0.508. The van der Waals surface area contributed by atoms with E-state index in [0.717, 1.165) is 0 Å². The molecule has 2 aromatic rings. The third-order valence-corrected chi connectivity index (χ3v) is 3.79. The second-order valence-electron chi connectivity index (χ2n) is 5.46. The van der Waals surface area contributed by atoms with Crippen molar-refractivity contribution in [1.29, 1.82) is 0 Å². The Bertz CT molecular complexity index is 722. The van der Waals surface area contributed by atoms with Gasteiger partial charge in [0.1, 0.15) is 16.1 Å². The van der Waals surface area contributed by atoms with Gasteiger partial charge in [-0.05, 0) is 34.1 Å². The Morgan fingerprint density at radius 2 is 2.00 bits per heavy atom. The number of aromatic nitrogens is 2. The SMILES string of the molecule is CC(C)(C)c1nc(-c2ccc(F)c(Cl)c2)[nH]c(=O)c1Br.